The van der Waals surface area contributed by atoms with E-state index in [9.17, 15) is 9.59 Å². The molecule has 1 heterocycles. The lowest BCUT2D eigenvalue weighted by atomic mass is 9.70. The third kappa shape index (κ3) is 0.644. The van der Waals surface area contributed by atoms with Gasteiger partial charge in [0.05, 0.1) is 16.6 Å². The van der Waals surface area contributed by atoms with E-state index < -0.39 is 5.41 Å². The number of allylic oxidation sites excluding steroid dienone is 6. The highest BCUT2D eigenvalue weighted by Crippen LogP contribution is 2.62. The Kier molecular flexibility index (Phi) is 1.17. The first-order chi connectivity index (χ1) is 7.73. The lowest BCUT2D eigenvalue weighted by Crippen LogP contribution is -2.33. The van der Waals surface area contributed by atoms with Crippen LogP contribution in [0.1, 0.15) is 12.8 Å². The number of hydrogen-bond donors (Lipinski definition) is 0. The Morgan fingerprint density at radius 3 is 2.88 bits per heavy atom. The molecule has 1 unspecified atom stereocenters. The van der Waals surface area contributed by atoms with Crippen LogP contribution in [0.2, 0.25) is 0 Å². The van der Waals surface area contributed by atoms with Crippen molar-refractivity contribution in [3.05, 3.63) is 46.8 Å². The summed E-state index contributed by atoms with van der Waals surface area (Å²) in [6.07, 6.45) is 8.52. The molecule has 1 atom stereocenters. The van der Waals surface area contributed by atoms with E-state index in [4.69, 9.17) is 4.74 Å². The van der Waals surface area contributed by atoms with Gasteiger partial charge in [0.25, 0.3) is 0 Å². The fourth-order valence-corrected chi connectivity index (χ4v) is 3.28. The van der Waals surface area contributed by atoms with Crippen molar-refractivity contribution < 1.29 is 14.3 Å². The Bertz CT molecular complexity index is 586. The first-order valence-corrected chi connectivity index (χ1v) is 5.33. The van der Waals surface area contributed by atoms with Crippen molar-refractivity contribution in [2.45, 2.75) is 12.8 Å². The van der Waals surface area contributed by atoms with Gasteiger partial charge in [-0.3, -0.25) is 4.79 Å². The van der Waals surface area contributed by atoms with E-state index in [-0.39, 0.29) is 11.8 Å². The Morgan fingerprint density at radius 2 is 2.00 bits per heavy atom. The lowest BCUT2D eigenvalue weighted by Gasteiger charge is -2.33. The second-order valence-electron chi connectivity index (χ2n) is 4.54. The predicted octanol–water partition coefficient (Wildman–Crippen LogP) is 1.58. The van der Waals surface area contributed by atoms with Crippen molar-refractivity contribution >= 4 is 11.8 Å². The van der Waals surface area contributed by atoms with Crippen LogP contribution in [0, 0.1) is 5.41 Å². The largest absolute Gasteiger partial charge is 0.431 e. The Morgan fingerprint density at radius 1 is 1.12 bits per heavy atom. The zero-order valence-electron chi connectivity index (χ0n) is 8.45. The van der Waals surface area contributed by atoms with Crippen LogP contribution in [0.25, 0.3) is 0 Å². The lowest BCUT2D eigenvalue weighted by molar-refractivity contribution is -0.135. The molecule has 0 aromatic rings. The molecule has 3 heteroatoms. The van der Waals surface area contributed by atoms with Crippen molar-refractivity contribution in [3.8, 4) is 0 Å². The van der Waals surface area contributed by atoms with E-state index >= 15 is 0 Å². The molecular formula is C13H8O3. The number of cyclic esters (lactones) is 1. The first kappa shape index (κ1) is 8.28. The summed E-state index contributed by atoms with van der Waals surface area (Å²) >= 11 is 0. The summed E-state index contributed by atoms with van der Waals surface area (Å²) in [5, 5.41) is 0. The van der Waals surface area contributed by atoms with Crippen molar-refractivity contribution in [2.75, 3.05) is 0 Å². The summed E-state index contributed by atoms with van der Waals surface area (Å²) < 4.78 is 4.94. The molecule has 78 valence electrons. The van der Waals surface area contributed by atoms with E-state index in [1.165, 1.54) is 11.8 Å². The SMILES string of the molecule is O=C1C=C2C3=CC=C4C(=O)OC=C1C42CC3. The number of hydrogen-bond acceptors (Lipinski definition) is 3. The summed E-state index contributed by atoms with van der Waals surface area (Å²) in [5.41, 5.74) is 3.03. The third-order valence-corrected chi connectivity index (χ3v) is 3.99. The van der Waals surface area contributed by atoms with Gasteiger partial charge < -0.3 is 4.74 Å². The Balaban J connectivity index is 2.13. The van der Waals surface area contributed by atoms with Gasteiger partial charge in [0.1, 0.15) is 6.26 Å². The van der Waals surface area contributed by atoms with Gasteiger partial charge in [-0.15, -0.1) is 0 Å². The molecule has 1 spiro atoms. The molecule has 0 N–H and O–H groups in total. The molecule has 3 nitrogen and oxygen atoms in total. The molecule has 4 rings (SSSR count). The molecule has 1 saturated carbocycles. The summed E-state index contributed by atoms with van der Waals surface area (Å²) in [6, 6.07) is 0. The van der Waals surface area contributed by atoms with Crippen LogP contribution in [-0.2, 0) is 14.3 Å². The molecule has 1 aliphatic heterocycles. The van der Waals surface area contributed by atoms with Crippen LogP contribution in [-0.4, -0.2) is 11.8 Å². The minimum absolute atomic E-state index is 0.0131. The van der Waals surface area contributed by atoms with Gasteiger partial charge in [-0.05, 0) is 30.1 Å². The van der Waals surface area contributed by atoms with Crippen LogP contribution in [0.4, 0.5) is 0 Å². The normalized spacial score (nSPS) is 33.8. The van der Waals surface area contributed by atoms with Gasteiger partial charge in [-0.25, -0.2) is 4.79 Å². The Hall–Kier alpha value is -1.90. The smallest absolute Gasteiger partial charge is 0.340 e. The zero-order chi connectivity index (χ0) is 10.9. The van der Waals surface area contributed by atoms with E-state index in [1.54, 1.807) is 6.08 Å². The summed E-state index contributed by atoms with van der Waals surface area (Å²) in [4.78, 5) is 23.6. The molecule has 1 fully saturated rings. The topological polar surface area (TPSA) is 43.4 Å². The van der Waals surface area contributed by atoms with Gasteiger partial charge >= 0.3 is 5.97 Å². The van der Waals surface area contributed by atoms with Crippen LogP contribution in [0.15, 0.2) is 46.8 Å². The predicted molar refractivity (Wildman–Crippen MR) is 55.1 cm³/mol. The van der Waals surface area contributed by atoms with E-state index in [2.05, 4.69) is 0 Å². The van der Waals surface area contributed by atoms with Crippen LogP contribution >= 0.6 is 0 Å². The Labute approximate surface area is 91.8 Å². The average molecular weight is 212 g/mol. The monoisotopic (exact) mass is 212 g/mol. The van der Waals surface area contributed by atoms with Crippen LogP contribution in [0.5, 0.6) is 0 Å². The van der Waals surface area contributed by atoms with E-state index in [1.807, 2.05) is 12.2 Å². The highest BCUT2D eigenvalue weighted by molar-refractivity contribution is 6.15. The van der Waals surface area contributed by atoms with Crippen molar-refractivity contribution in [2.24, 2.45) is 5.41 Å². The number of carbonyl (C=O) groups excluding carboxylic acids is 2. The molecule has 4 aliphatic rings. The van der Waals surface area contributed by atoms with Gasteiger partial charge in [-0.1, -0.05) is 12.2 Å². The number of esters is 1. The second-order valence-corrected chi connectivity index (χ2v) is 4.54. The second kappa shape index (κ2) is 2.26. The number of ketones is 1. The van der Waals surface area contributed by atoms with Crippen molar-refractivity contribution in [1.29, 1.82) is 0 Å². The first-order valence-electron chi connectivity index (χ1n) is 5.33. The van der Waals surface area contributed by atoms with Crippen molar-refractivity contribution in [1.82, 2.24) is 0 Å². The summed E-state index contributed by atoms with van der Waals surface area (Å²) in [5.74, 6) is -0.331. The third-order valence-electron chi connectivity index (χ3n) is 3.99. The van der Waals surface area contributed by atoms with Gasteiger partial charge in [-0.2, -0.15) is 0 Å². The van der Waals surface area contributed by atoms with Crippen molar-refractivity contribution in [3.63, 3.8) is 0 Å². The van der Waals surface area contributed by atoms with Gasteiger partial charge in [0.2, 0.25) is 0 Å². The van der Waals surface area contributed by atoms with E-state index in [0.717, 1.165) is 18.4 Å². The average Bonchev–Trinajstić information content (AvgIpc) is 2.65. The number of rotatable bonds is 0. The standard InChI is InChI=1S/C13H8O3/c14-11-5-9-7-1-2-8-12(15)16-6-10(11)13(8,9)4-3-7/h1-2,5-6H,3-4H2. The molecular weight excluding hydrogens is 204 g/mol. The maximum atomic E-state index is 11.9. The van der Waals surface area contributed by atoms with E-state index in [0.29, 0.717) is 11.1 Å². The molecule has 3 aliphatic carbocycles. The van der Waals surface area contributed by atoms with Gasteiger partial charge in [0, 0.05) is 0 Å². The molecule has 16 heavy (non-hydrogen) atoms. The highest BCUT2D eigenvalue weighted by atomic mass is 16.5. The fourth-order valence-electron chi connectivity index (χ4n) is 3.28. The quantitative estimate of drug-likeness (QED) is 0.572. The number of ether oxygens (including phenoxy) is 1. The minimum atomic E-state index is -0.448. The highest BCUT2D eigenvalue weighted by Gasteiger charge is 2.57. The number of carbonyl (C=O) groups is 2. The molecule has 0 radical (unpaired) electrons. The van der Waals surface area contributed by atoms with Crippen LogP contribution in [0.3, 0.4) is 0 Å². The molecule has 0 aromatic carbocycles. The molecule has 2 bridgehead atoms. The summed E-state index contributed by atoms with van der Waals surface area (Å²) in [7, 11) is 0. The molecule has 0 amide bonds. The summed E-state index contributed by atoms with van der Waals surface area (Å²) in [6.45, 7) is 0. The fraction of sp³-hybridized carbons (Fsp3) is 0.231. The molecule has 0 aromatic heterocycles. The zero-order valence-corrected chi connectivity index (χ0v) is 8.45. The maximum Gasteiger partial charge on any atom is 0.340 e. The van der Waals surface area contributed by atoms with Crippen LogP contribution < -0.4 is 0 Å². The maximum absolute atomic E-state index is 11.9. The minimum Gasteiger partial charge on any atom is -0.431 e. The molecule has 0 saturated heterocycles. The van der Waals surface area contributed by atoms with Gasteiger partial charge in [0.15, 0.2) is 5.78 Å².